The van der Waals surface area contributed by atoms with Crippen LogP contribution in [0.2, 0.25) is 0 Å². The van der Waals surface area contributed by atoms with Gasteiger partial charge >= 0.3 is 5.97 Å². The molecule has 0 aliphatic carbocycles. The number of hydrogen-bond donors (Lipinski definition) is 0. The first-order chi connectivity index (χ1) is 13.1. The Morgan fingerprint density at radius 2 is 2.11 bits per heavy atom. The van der Waals surface area contributed by atoms with Gasteiger partial charge in [0.05, 0.1) is 11.4 Å². The van der Waals surface area contributed by atoms with Crippen LogP contribution in [-0.2, 0) is 16.1 Å². The lowest BCUT2D eigenvalue weighted by Gasteiger charge is -2.19. The Labute approximate surface area is 164 Å². The van der Waals surface area contributed by atoms with Gasteiger partial charge in [0.1, 0.15) is 4.88 Å². The number of amides is 1. The number of carbonyl (C=O) groups excluding carboxylic acids is 2. The first kappa shape index (κ1) is 19.2. The predicted octanol–water partition coefficient (Wildman–Crippen LogP) is 3.76. The summed E-state index contributed by atoms with van der Waals surface area (Å²) in [6.07, 6.45) is 0.760. The summed E-state index contributed by atoms with van der Waals surface area (Å²) in [4.78, 5) is 28.4. The number of nitrogens with zero attached hydrogens (tertiary/aromatic N) is 3. The third kappa shape index (κ3) is 5.01. The summed E-state index contributed by atoms with van der Waals surface area (Å²) in [5.41, 5.74) is 0. The van der Waals surface area contributed by atoms with E-state index in [1.165, 1.54) is 22.7 Å². The molecule has 0 aliphatic rings. The Kier molecular flexibility index (Phi) is 6.36. The van der Waals surface area contributed by atoms with Crippen LogP contribution in [0.4, 0.5) is 0 Å². The van der Waals surface area contributed by atoms with Gasteiger partial charge in [0, 0.05) is 11.4 Å². The molecule has 3 aromatic rings. The van der Waals surface area contributed by atoms with Crippen LogP contribution in [-0.4, -0.2) is 40.1 Å². The number of esters is 1. The van der Waals surface area contributed by atoms with Crippen LogP contribution < -0.4 is 0 Å². The van der Waals surface area contributed by atoms with E-state index in [1.54, 1.807) is 11.0 Å². The van der Waals surface area contributed by atoms with Gasteiger partial charge in [-0.25, -0.2) is 4.79 Å². The van der Waals surface area contributed by atoms with Crippen LogP contribution >= 0.6 is 22.7 Å². The molecule has 0 saturated heterocycles. The lowest BCUT2D eigenvalue weighted by molar-refractivity contribution is -0.135. The molecule has 0 atom stereocenters. The van der Waals surface area contributed by atoms with E-state index in [4.69, 9.17) is 9.15 Å². The second kappa shape index (κ2) is 8.92. The summed E-state index contributed by atoms with van der Waals surface area (Å²) in [6.45, 7) is 4.24. The van der Waals surface area contributed by atoms with Gasteiger partial charge in [0.2, 0.25) is 5.89 Å². The molecule has 0 bridgehead atoms. The summed E-state index contributed by atoms with van der Waals surface area (Å²) in [7, 11) is 0. The molecule has 0 radical (unpaired) electrons. The molecular weight excluding hydrogens is 386 g/mol. The molecule has 27 heavy (non-hydrogen) atoms. The molecule has 3 rings (SSSR count). The third-order valence-corrected chi connectivity index (χ3v) is 5.48. The van der Waals surface area contributed by atoms with Gasteiger partial charge in [-0.1, -0.05) is 13.0 Å². The zero-order valence-electron chi connectivity index (χ0n) is 15.0. The molecule has 3 heterocycles. The van der Waals surface area contributed by atoms with Crippen LogP contribution in [0.25, 0.3) is 10.8 Å². The van der Waals surface area contributed by atoms with Crippen molar-refractivity contribution in [1.29, 1.82) is 0 Å². The van der Waals surface area contributed by atoms with E-state index in [-0.39, 0.29) is 19.1 Å². The molecule has 142 valence electrons. The first-order valence-corrected chi connectivity index (χ1v) is 10.1. The van der Waals surface area contributed by atoms with E-state index in [2.05, 4.69) is 10.2 Å². The van der Waals surface area contributed by atoms with Gasteiger partial charge < -0.3 is 14.1 Å². The molecule has 0 N–H and O–H groups in total. The third-order valence-electron chi connectivity index (χ3n) is 3.64. The van der Waals surface area contributed by atoms with Crippen molar-refractivity contribution >= 4 is 34.6 Å². The van der Waals surface area contributed by atoms with Crippen molar-refractivity contribution in [1.82, 2.24) is 15.1 Å². The Morgan fingerprint density at radius 3 is 2.78 bits per heavy atom. The topological polar surface area (TPSA) is 85.5 Å². The highest BCUT2D eigenvalue weighted by Gasteiger charge is 2.20. The highest BCUT2D eigenvalue weighted by molar-refractivity contribution is 7.14. The molecule has 0 aliphatic heterocycles. The van der Waals surface area contributed by atoms with Crippen LogP contribution in [0.1, 0.15) is 33.8 Å². The van der Waals surface area contributed by atoms with Gasteiger partial charge in [0.25, 0.3) is 11.8 Å². The Hall–Kier alpha value is -2.52. The highest BCUT2D eigenvalue weighted by Crippen LogP contribution is 2.23. The van der Waals surface area contributed by atoms with E-state index < -0.39 is 5.97 Å². The summed E-state index contributed by atoms with van der Waals surface area (Å²) in [5, 5.41) is 9.96. The average Bonchev–Trinajstić information content (AvgIpc) is 3.40. The zero-order chi connectivity index (χ0) is 19.2. The molecular formula is C18H19N3O4S2. The smallest absolute Gasteiger partial charge is 0.348 e. The number of hydrogen-bond acceptors (Lipinski definition) is 8. The second-order valence-corrected chi connectivity index (χ2v) is 8.02. The van der Waals surface area contributed by atoms with Crippen LogP contribution in [0, 0.1) is 6.92 Å². The number of rotatable bonds is 8. The van der Waals surface area contributed by atoms with Crippen molar-refractivity contribution in [3.05, 3.63) is 45.3 Å². The minimum absolute atomic E-state index is 0.181. The van der Waals surface area contributed by atoms with Crippen molar-refractivity contribution in [2.45, 2.75) is 26.8 Å². The molecule has 0 fully saturated rings. The summed E-state index contributed by atoms with van der Waals surface area (Å²) < 4.78 is 10.8. The molecule has 0 saturated carbocycles. The number of ether oxygens (including phenoxy) is 1. The molecule has 0 unspecified atom stereocenters. The standard InChI is InChI=1S/C18H19N3O4S2/c1-3-8-21(10-15-19-20-17(25-15)13-5-4-9-26-13)16(22)11-24-18(23)14-7-6-12(2)27-14/h4-7,9H,3,8,10-11H2,1-2H3. The largest absolute Gasteiger partial charge is 0.451 e. The summed E-state index contributed by atoms with van der Waals surface area (Å²) in [6, 6.07) is 7.33. The fourth-order valence-corrected chi connectivity index (χ4v) is 3.78. The average molecular weight is 406 g/mol. The van der Waals surface area contributed by atoms with Gasteiger partial charge in [-0.2, -0.15) is 0 Å². The van der Waals surface area contributed by atoms with Crippen LogP contribution in [0.3, 0.4) is 0 Å². The van der Waals surface area contributed by atoms with E-state index in [9.17, 15) is 9.59 Å². The fourth-order valence-electron chi connectivity index (χ4n) is 2.38. The Balaban J connectivity index is 1.59. The highest BCUT2D eigenvalue weighted by atomic mass is 32.1. The van der Waals surface area contributed by atoms with Gasteiger partial charge in [-0.3, -0.25) is 4.79 Å². The van der Waals surface area contributed by atoms with Gasteiger partial charge in [-0.15, -0.1) is 32.9 Å². The predicted molar refractivity (Wildman–Crippen MR) is 103 cm³/mol. The van der Waals surface area contributed by atoms with Crippen molar-refractivity contribution in [2.24, 2.45) is 0 Å². The second-order valence-electron chi connectivity index (χ2n) is 5.78. The monoisotopic (exact) mass is 405 g/mol. The van der Waals surface area contributed by atoms with E-state index in [0.29, 0.717) is 23.2 Å². The molecule has 0 aromatic carbocycles. The minimum atomic E-state index is -0.490. The minimum Gasteiger partial charge on any atom is -0.451 e. The number of aryl methyl sites for hydroxylation is 1. The van der Waals surface area contributed by atoms with Crippen molar-refractivity contribution in [3.63, 3.8) is 0 Å². The van der Waals surface area contributed by atoms with Gasteiger partial charge in [-0.05, 0) is 36.9 Å². The Morgan fingerprint density at radius 1 is 1.26 bits per heavy atom. The quantitative estimate of drug-likeness (QED) is 0.531. The van der Waals surface area contributed by atoms with Crippen molar-refractivity contribution < 1.29 is 18.7 Å². The zero-order valence-corrected chi connectivity index (χ0v) is 16.6. The van der Waals surface area contributed by atoms with E-state index in [1.807, 2.05) is 37.4 Å². The molecule has 9 heteroatoms. The summed E-state index contributed by atoms with van der Waals surface area (Å²) in [5.74, 6) is -0.00572. The lowest BCUT2D eigenvalue weighted by Crippen LogP contribution is -2.35. The Bertz CT molecular complexity index is 902. The molecule has 0 spiro atoms. The van der Waals surface area contributed by atoms with E-state index in [0.717, 1.165) is 16.2 Å². The summed E-state index contributed by atoms with van der Waals surface area (Å²) >= 11 is 2.84. The lowest BCUT2D eigenvalue weighted by atomic mass is 10.4. The normalized spacial score (nSPS) is 10.7. The first-order valence-electron chi connectivity index (χ1n) is 8.44. The molecule has 3 aromatic heterocycles. The van der Waals surface area contributed by atoms with Crippen molar-refractivity contribution in [2.75, 3.05) is 13.2 Å². The van der Waals surface area contributed by atoms with Crippen LogP contribution in [0.5, 0.6) is 0 Å². The van der Waals surface area contributed by atoms with Crippen molar-refractivity contribution in [3.8, 4) is 10.8 Å². The molecule has 1 amide bonds. The molecule has 7 nitrogen and oxygen atoms in total. The van der Waals surface area contributed by atoms with Crippen LogP contribution in [0.15, 0.2) is 34.1 Å². The number of carbonyl (C=O) groups is 2. The SMILES string of the molecule is CCCN(Cc1nnc(-c2cccs2)o1)C(=O)COC(=O)c1ccc(C)s1. The maximum absolute atomic E-state index is 12.5. The maximum Gasteiger partial charge on any atom is 0.348 e. The van der Waals surface area contributed by atoms with E-state index >= 15 is 0 Å². The fraction of sp³-hybridized carbons (Fsp3) is 0.333. The van der Waals surface area contributed by atoms with Gasteiger partial charge in [0.15, 0.2) is 6.61 Å². The number of aromatic nitrogens is 2. The maximum atomic E-state index is 12.5. The number of thiophene rings is 2.